The Morgan fingerprint density at radius 1 is 0.513 bits per heavy atom. The highest BCUT2D eigenvalue weighted by Gasteiger charge is 2.24. The van der Waals surface area contributed by atoms with Gasteiger partial charge in [0.15, 0.2) is 5.82 Å². The van der Waals surface area contributed by atoms with Crippen molar-refractivity contribution in [2.24, 2.45) is 11.8 Å². The molecule has 4 rings (SSSR count). The van der Waals surface area contributed by atoms with Crippen molar-refractivity contribution < 1.29 is 0 Å². The monoisotopic (exact) mass is 530 g/mol. The minimum atomic E-state index is 0.661. The molecule has 0 spiro atoms. The summed E-state index contributed by atoms with van der Waals surface area (Å²) < 4.78 is 0. The third-order valence-corrected chi connectivity index (χ3v) is 10.2. The van der Waals surface area contributed by atoms with Crippen molar-refractivity contribution in [3.63, 3.8) is 0 Å². The Kier molecular flexibility index (Phi) is 13.3. The standard InChI is InChI=1S/C37H58N2/c1-3-5-7-9-10-11-13-15-31-18-22-34(23-19-31)36-28-38-37(39-29-36)35-26-24-33(25-27-35)32-20-16-30(17-21-32)14-12-8-6-4-2/h24-32,34H,3-23H2,1-2H3. The Labute approximate surface area is 241 Å². The van der Waals surface area contributed by atoms with Crippen LogP contribution in [0.3, 0.4) is 0 Å². The van der Waals surface area contributed by atoms with Crippen LogP contribution in [0.2, 0.25) is 0 Å². The Morgan fingerprint density at radius 2 is 0.949 bits per heavy atom. The van der Waals surface area contributed by atoms with Crippen molar-refractivity contribution in [3.8, 4) is 11.4 Å². The fourth-order valence-electron chi connectivity index (χ4n) is 7.42. The van der Waals surface area contributed by atoms with E-state index in [-0.39, 0.29) is 0 Å². The number of rotatable bonds is 16. The predicted molar refractivity (Wildman–Crippen MR) is 168 cm³/mol. The minimum Gasteiger partial charge on any atom is -0.236 e. The topological polar surface area (TPSA) is 25.8 Å². The first-order valence-corrected chi connectivity index (χ1v) is 17.2. The summed E-state index contributed by atoms with van der Waals surface area (Å²) in [5.74, 6) is 4.22. The number of benzene rings is 1. The molecular weight excluding hydrogens is 472 g/mol. The van der Waals surface area contributed by atoms with Crippen molar-refractivity contribution in [3.05, 3.63) is 47.8 Å². The smallest absolute Gasteiger partial charge is 0.159 e. The fraction of sp³-hybridized carbons (Fsp3) is 0.730. The molecule has 1 aromatic carbocycles. The largest absolute Gasteiger partial charge is 0.236 e. The average molecular weight is 531 g/mol. The van der Waals surface area contributed by atoms with Gasteiger partial charge in [-0.2, -0.15) is 0 Å². The summed E-state index contributed by atoms with van der Waals surface area (Å²) in [7, 11) is 0. The van der Waals surface area contributed by atoms with Crippen molar-refractivity contribution in [1.82, 2.24) is 9.97 Å². The van der Waals surface area contributed by atoms with E-state index in [0.717, 1.165) is 29.1 Å². The van der Waals surface area contributed by atoms with Gasteiger partial charge in [-0.15, -0.1) is 0 Å². The van der Waals surface area contributed by atoms with Crippen LogP contribution in [0, 0.1) is 11.8 Å². The van der Waals surface area contributed by atoms with Crippen LogP contribution in [0.4, 0.5) is 0 Å². The lowest BCUT2D eigenvalue weighted by atomic mass is 9.77. The van der Waals surface area contributed by atoms with E-state index in [1.807, 2.05) is 0 Å². The Bertz CT molecular complexity index is 886. The molecule has 0 bridgehead atoms. The maximum Gasteiger partial charge on any atom is 0.159 e. The van der Waals surface area contributed by atoms with Gasteiger partial charge in [0.05, 0.1) is 0 Å². The van der Waals surface area contributed by atoms with Crippen LogP contribution in [0.5, 0.6) is 0 Å². The van der Waals surface area contributed by atoms with Gasteiger partial charge < -0.3 is 0 Å². The maximum atomic E-state index is 4.82. The van der Waals surface area contributed by atoms with Gasteiger partial charge in [0.2, 0.25) is 0 Å². The SMILES string of the molecule is CCCCCCCCCC1CCC(c2cnc(-c3ccc(C4CCC(CCCCCC)CC4)cc3)nc2)CC1. The molecule has 2 heteroatoms. The van der Waals surface area contributed by atoms with E-state index in [1.165, 1.54) is 146 Å². The summed E-state index contributed by atoms with van der Waals surface area (Å²) in [5, 5.41) is 0. The van der Waals surface area contributed by atoms with Gasteiger partial charge >= 0.3 is 0 Å². The molecule has 2 aliphatic carbocycles. The molecule has 0 amide bonds. The van der Waals surface area contributed by atoms with E-state index in [4.69, 9.17) is 9.97 Å². The van der Waals surface area contributed by atoms with Gasteiger partial charge in [0.1, 0.15) is 0 Å². The van der Waals surface area contributed by atoms with Gasteiger partial charge in [-0.1, -0.05) is 122 Å². The van der Waals surface area contributed by atoms with E-state index in [9.17, 15) is 0 Å². The third kappa shape index (κ3) is 10.0. The highest BCUT2D eigenvalue weighted by molar-refractivity contribution is 5.55. The van der Waals surface area contributed by atoms with Crippen molar-refractivity contribution in [2.45, 2.75) is 161 Å². The number of unbranched alkanes of at least 4 members (excludes halogenated alkanes) is 9. The van der Waals surface area contributed by atoms with Crippen LogP contribution in [-0.2, 0) is 0 Å². The minimum absolute atomic E-state index is 0.661. The summed E-state index contributed by atoms with van der Waals surface area (Å²) in [5.41, 5.74) is 4.04. The first-order chi connectivity index (χ1) is 19.3. The number of hydrogen-bond donors (Lipinski definition) is 0. The molecule has 1 aromatic heterocycles. The average Bonchev–Trinajstić information content (AvgIpc) is 3.00. The zero-order valence-electron chi connectivity index (χ0n) is 25.5. The lowest BCUT2D eigenvalue weighted by Crippen LogP contribution is -2.14. The fourth-order valence-corrected chi connectivity index (χ4v) is 7.42. The Hall–Kier alpha value is -1.70. The molecule has 2 aliphatic rings. The molecule has 0 N–H and O–H groups in total. The van der Waals surface area contributed by atoms with Crippen molar-refractivity contribution >= 4 is 0 Å². The predicted octanol–water partition coefficient (Wildman–Crippen LogP) is 11.8. The van der Waals surface area contributed by atoms with Gasteiger partial charge in [-0.25, -0.2) is 9.97 Å². The normalized spacial score (nSPS) is 23.6. The Morgan fingerprint density at radius 3 is 1.46 bits per heavy atom. The van der Waals surface area contributed by atoms with Gasteiger partial charge in [-0.3, -0.25) is 0 Å². The molecule has 2 fully saturated rings. The lowest BCUT2D eigenvalue weighted by molar-refractivity contribution is 0.301. The molecule has 216 valence electrons. The van der Waals surface area contributed by atoms with Crippen LogP contribution in [0.25, 0.3) is 11.4 Å². The van der Waals surface area contributed by atoms with Crippen LogP contribution in [-0.4, -0.2) is 9.97 Å². The first-order valence-electron chi connectivity index (χ1n) is 17.2. The van der Waals surface area contributed by atoms with E-state index in [1.54, 1.807) is 0 Å². The molecule has 39 heavy (non-hydrogen) atoms. The zero-order chi connectivity index (χ0) is 27.1. The molecule has 2 nitrogen and oxygen atoms in total. The molecule has 1 heterocycles. The maximum absolute atomic E-state index is 4.82. The summed E-state index contributed by atoms with van der Waals surface area (Å²) in [6.45, 7) is 4.61. The molecule has 0 saturated heterocycles. The number of hydrogen-bond acceptors (Lipinski definition) is 2. The highest BCUT2D eigenvalue weighted by Crippen LogP contribution is 2.39. The summed E-state index contributed by atoms with van der Waals surface area (Å²) >= 11 is 0. The molecule has 2 saturated carbocycles. The first kappa shape index (κ1) is 30.3. The van der Waals surface area contributed by atoms with Crippen LogP contribution in [0.1, 0.15) is 172 Å². The third-order valence-electron chi connectivity index (χ3n) is 10.2. The molecule has 0 unspecified atom stereocenters. The molecular formula is C37H58N2. The van der Waals surface area contributed by atoms with Crippen LogP contribution >= 0.6 is 0 Å². The summed E-state index contributed by atoms with van der Waals surface area (Å²) in [4.78, 5) is 9.63. The summed E-state index contributed by atoms with van der Waals surface area (Å²) in [6, 6.07) is 9.23. The lowest BCUT2D eigenvalue weighted by Gasteiger charge is -2.29. The second-order valence-electron chi connectivity index (χ2n) is 13.2. The second-order valence-corrected chi connectivity index (χ2v) is 13.2. The number of nitrogens with zero attached hydrogens (tertiary/aromatic N) is 2. The number of aromatic nitrogens is 2. The van der Waals surface area contributed by atoms with E-state index < -0.39 is 0 Å². The van der Waals surface area contributed by atoms with E-state index >= 15 is 0 Å². The van der Waals surface area contributed by atoms with Crippen molar-refractivity contribution in [1.29, 1.82) is 0 Å². The van der Waals surface area contributed by atoms with Gasteiger partial charge in [-0.05, 0) is 86.2 Å². The zero-order valence-corrected chi connectivity index (χ0v) is 25.5. The van der Waals surface area contributed by atoms with Crippen LogP contribution in [0.15, 0.2) is 36.7 Å². The molecule has 0 radical (unpaired) electrons. The molecule has 2 aromatic rings. The molecule has 0 aliphatic heterocycles. The van der Waals surface area contributed by atoms with Gasteiger partial charge in [0.25, 0.3) is 0 Å². The van der Waals surface area contributed by atoms with Crippen LogP contribution < -0.4 is 0 Å². The highest BCUT2D eigenvalue weighted by atomic mass is 14.9. The van der Waals surface area contributed by atoms with Gasteiger partial charge in [0, 0.05) is 18.0 Å². The molecule has 0 atom stereocenters. The Balaban J connectivity index is 1.16. The quantitative estimate of drug-likeness (QED) is 0.202. The summed E-state index contributed by atoms with van der Waals surface area (Å²) in [6.07, 6.45) is 33.8. The van der Waals surface area contributed by atoms with Crippen molar-refractivity contribution in [2.75, 3.05) is 0 Å². The van der Waals surface area contributed by atoms with E-state index in [2.05, 4.69) is 50.5 Å². The van der Waals surface area contributed by atoms with E-state index in [0.29, 0.717) is 5.92 Å². The second kappa shape index (κ2) is 17.2.